The van der Waals surface area contributed by atoms with Crippen molar-refractivity contribution in [2.24, 2.45) is 0 Å². The summed E-state index contributed by atoms with van der Waals surface area (Å²) in [6.07, 6.45) is 1.63. The minimum absolute atomic E-state index is 0.390. The summed E-state index contributed by atoms with van der Waals surface area (Å²) < 4.78 is 0. The molecule has 0 spiro atoms. The van der Waals surface area contributed by atoms with Crippen molar-refractivity contribution in [1.29, 1.82) is 0 Å². The van der Waals surface area contributed by atoms with Gasteiger partial charge in [-0.2, -0.15) is 0 Å². The quantitative estimate of drug-likeness (QED) is 0.728. The molecule has 0 aromatic carbocycles. The molecule has 2 N–H and O–H groups in total. The molecule has 1 aromatic heterocycles. The van der Waals surface area contributed by atoms with Crippen LogP contribution in [0.2, 0.25) is 0 Å². The van der Waals surface area contributed by atoms with Crippen LogP contribution in [0.25, 0.3) is 0 Å². The maximum atomic E-state index is 4.41. The van der Waals surface area contributed by atoms with Gasteiger partial charge in [0.1, 0.15) is 18.0 Å². The third-order valence-electron chi connectivity index (χ3n) is 3.42. The van der Waals surface area contributed by atoms with E-state index in [4.69, 9.17) is 0 Å². The third kappa shape index (κ3) is 4.63. The summed E-state index contributed by atoms with van der Waals surface area (Å²) in [5.41, 5.74) is 1.17. The van der Waals surface area contributed by atoms with Gasteiger partial charge in [-0.3, -0.25) is 0 Å². The fourth-order valence-electron chi connectivity index (χ4n) is 2.26. The molecule has 0 unspecified atom stereocenters. The summed E-state index contributed by atoms with van der Waals surface area (Å²) in [6, 6.07) is 0. The molecule has 1 heterocycles. The molecule has 1 rings (SSSR count). The van der Waals surface area contributed by atoms with Crippen LogP contribution in [0.15, 0.2) is 6.33 Å². The van der Waals surface area contributed by atoms with Gasteiger partial charge in [0, 0.05) is 25.2 Å². The fraction of sp³-hybridized carbons (Fsp3) is 0.733. The van der Waals surface area contributed by atoms with E-state index in [9.17, 15) is 0 Å². The Hall–Kier alpha value is -1.36. The molecule has 0 radical (unpaired) electrons. The maximum Gasteiger partial charge on any atom is 0.135 e. The molecule has 0 aliphatic rings. The Kier molecular flexibility index (Phi) is 7.30. The zero-order chi connectivity index (χ0) is 15.0. The van der Waals surface area contributed by atoms with Crippen LogP contribution < -0.4 is 10.6 Å². The van der Waals surface area contributed by atoms with Gasteiger partial charge in [0.25, 0.3) is 0 Å². The number of hydrogen-bond acceptors (Lipinski definition) is 5. The lowest BCUT2D eigenvalue weighted by atomic mass is 10.0. The van der Waals surface area contributed by atoms with E-state index in [0.29, 0.717) is 5.92 Å². The highest BCUT2D eigenvalue weighted by Crippen LogP contribution is 2.27. The lowest BCUT2D eigenvalue weighted by Gasteiger charge is -2.20. The van der Waals surface area contributed by atoms with Crippen LogP contribution in [0, 0.1) is 0 Å². The Labute approximate surface area is 123 Å². The van der Waals surface area contributed by atoms with Gasteiger partial charge in [-0.15, -0.1) is 0 Å². The van der Waals surface area contributed by atoms with Crippen LogP contribution >= 0.6 is 0 Å². The number of hydrogen-bond donors (Lipinski definition) is 2. The molecule has 5 nitrogen and oxygen atoms in total. The van der Waals surface area contributed by atoms with Crippen molar-refractivity contribution in [1.82, 2.24) is 14.9 Å². The van der Waals surface area contributed by atoms with E-state index in [-0.39, 0.29) is 0 Å². The third-order valence-corrected chi connectivity index (χ3v) is 3.42. The van der Waals surface area contributed by atoms with E-state index in [1.165, 1.54) is 5.56 Å². The normalized spacial score (nSPS) is 11.2. The van der Waals surface area contributed by atoms with Crippen LogP contribution in [0.1, 0.15) is 46.1 Å². The Bertz CT molecular complexity index is 388. The predicted octanol–water partition coefficient (Wildman–Crippen LogP) is 2.79. The fourth-order valence-corrected chi connectivity index (χ4v) is 2.26. The zero-order valence-corrected chi connectivity index (χ0v) is 13.5. The maximum absolute atomic E-state index is 4.41. The first kappa shape index (κ1) is 16.7. The predicted molar refractivity (Wildman–Crippen MR) is 86.6 cm³/mol. The van der Waals surface area contributed by atoms with Crippen LogP contribution in [-0.2, 0) is 0 Å². The molecular weight excluding hydrogens is 250 g/mol. The Morgan fingerprint density at radius 1 is 1.05 bits per heavy atom. The summed E-state index contributed by atoms with van der Waals surface area (Å²) in [5, 5.41) is 6.78. The van der Waals surface area contributed by atoms with Crippen molar-refractivity contribution in [3.8, 4) is 0 Å². The van der Waals surface area contributed by atoms with E-state index in [0.717, 1.165) is 44.4 Å². The van der Waals surface area contributed by atoms with Gasteiger partial charge in [-0.1, -0.05) is 27.7 Å². The Morgan fingerprint density at radius 2 is 1.65 bits per heavy atom. The molecule has 0 saturated carbocycles. The molecule has 0 amide bonds. The number of aromatic nitrogens is 2. The van der Waals surface area contributed by atoms with Crippen molar-refractivity contribution < 1.29 is 0 Å². The summed E-state index contributed by atoms with van der Waals surface area (Å²) in [7, 11) is 0. The second kappa shape index (κ2) is 8.74. The summed E-state index contributed by atoms with van der Waals surface area (Å²) >= 11 is 0. The van der Waals surface area contributed by atoms with Crippen molar-refractivity contribution in [2.75, 3.05) is 43.4 Å². The van der Waals surface area contributed by atoms with Crippen LogP contribution in [0.5, 0.6) is 0 Å². The van der Waals surface area contributed by atoms with E-state index in [1.54, 1.807) is 6.33 Å². The highest BCUT2D eigenvalue weighted by Gasteiger charge is 2.14. The average Bonchev–Trinajstić information content (AvgIpc) is 2.44. The first-order valence-corrected chi connectivity index (χ1v) is 7.68. The number of nitrogens with one attached hydrogen (secondary N) is 2. The van der Waals surface area contributed by atoms with Gasteiger partial charge in [-0.05, 0) is 25.9 Å². The largest absolute Gasteiger partial charge is 0.370 e. The van der Waals surface area contributed by atoms with Crippen LogP contribution in [-0.4, -0.2) is 47.6 Å². The highest BCUT2D eigenvalue weighted by atomic mass is 15.1. The van der Waals surface area contributed by atoms with E-state index in [2.05, 4.69) is 60.1 Å². The number of anilines is 2. The van der Waals surface area contributed by atoms with Gasteiger partial charge in [0.05, 0.1) is 0 Å². The molecule has 5 heteroatoms. The van der Waals surface area contributed by atoms with Gasteiger partial charge in [-0.25, -0.2) is 9.97 Å². The molecule has 0 bridgehead atoms. The molecule has 0 atom stereocenters. The van der Waals surface area contributed by atoms with Gasteiger partial charge in [0.15, 0.2) is 0 Å². The van der Waals surface area contributed by atoms with Gasteiger partial charge < -0.3 is 15.5 Å². The van der Waals surface area contributed by atoms with Gasteiger partial charge >= 0.3 is 0 Å². The van der Waals surface area contributed by atoms with Crippen molar-refractivity contribution in [3.05, 3.63) is 11.9 Å². The molecule has 0 saturated heterocycles. The monoisotopic (exact) mass is 279 g/mol. The highest BCUT2D eigenvalue weighted by molar-refractivity contribution is 5.58. The molecule has 1 aromatic rings. The second-order valence-corrected chi connectivity index (χ2v) is 5.12. The molecular formula is C15H29N5. The summed E-state index contributed by atoms with van der Waals surface area (Å²) in [5.74, 6) is 2.29. The van der Waals surface area contributed by atoms with E-state index >= 15 is 0 Å². The minimum atomic E-state index is 0.390. The van der Waals surface area contributed by atoms with E-state index in [1.807, 2.05) is 0 Å². The lowest BCUT2D eigenvalue weighted by Crippen LogP contribution is -2.29. The van der Waals surface area contributed by atoms with Crippen molar-refractivity contribution in [3.63, 3.8) is 0 Å². The smallest absolute Gasteiger partial charge is 0.135 e. The first-order valence-electron chi connectivity index (χ1n) is 7.68. The molecule has 0 aliphatic carbocycles. The Morgan fingerprint density at radius 3 is 2.15 bits per heavy atom. The molecule has 0 aliphatic heterocycles. The number of likely N-dealkylation sites (N-methyl/N-ethyl adjacent to an activating group) is 1. The molecule has 114 valence electrons. The number of nitrogens with zero attached hydrogens (tertiary/aromatic N) is 3. The standard InChI is InChI=1S/C15H29N5/c1-6-16-14-13(12(4)5)15(19-11-18-14)17-9-10-20(7-2)8-3/h11-12H,6-10H2,1-5H3,(H2,16,17,18,19). The lowest BCUT2D eigenvalue weighted by molar-refractivity contribution is 0.316. The summed E-state index contributed by atoms with van der Waals surface area (Å²) in [4.78, 5) is 11.2. The van der Waals surface area contributed by atoms with Crippen LogP contribution in [0.4, 0.5) is 11.6 Å². The average molecular weight is 279 g/mol. The van der Waals surface area contributed by atoms with Crippen LogP contribution in [0.3, 0.4) is 0 Å². The van der Waals surface area contributed by atoms with Crippen molar-refractivity contribution in [2.45, 2.75) is 40.5 Å². The second-order valence-electron chi connectivity index (χ2n) is 5.12. The van der Waals surface area contributed by atoms with E-state index < -0.39 is 0 Å². The van der Waals surface area contributed by atoms with Gasteiger partial charge in [0.2, 0.25) is 0 Å². The SMILES string of the molecule is CCNc1ncnc(NCCN(CC)CC)c1C(C)C. The molecule has 0 fully saturated rings. The Balaban J connectivity index is 2.76. The minimum Gasteiger partial charge on any atom is -0.370 e. The topological polar surface area (TPSA) is 53.1 Å². The molecule has 20 heavy (non-hydrogen) atoms. The summed E-state index contributed by atoms with van der Waals surface area (Å²) in [6.45, 7) is 15.8. The zero-order valence-electron chi connectivity index (χ0n) is 13.5. The first-order chi connectivity index (χ1) is 9.63. The van der Waals surface area contributed by atoms with Crippen molar-refractivity contribution >= 4 is 11.6 Å². The number of rotatable bonds is 9.